The molecule has 1 aromatic rings. The van der Waals surface area contributed by atoms with Crippen molar-refractivity contribution in [3.05, 3.63) is 39.9 Å². The van der Waals surface area contributed by atoms with E-state index in [0.29, 0.717) is 24.8 Å². The average molecular weight is 291 g/mol. The number of Topliss-reactive ketones (excluding diaryl/α,β-unsaturated/α-hetero) is 1. The summed E-state index contributed by atoms with van der Waals surface area (Å²) in [7, 11) is 0. The first kappa shape index (κ1) is 15.2. The summed E-state index contributed by atoms with van der Waals surface area (Å²) < 4.78 is 0. The first-order chi connectivity index (χ1) is 9.97. The van der Waals surface area contributed by atoms with Crippen molar-refractivity contribution in [1.82, 2.24) is 0 Å². The average Bonchev–Trinajstić information content (AvgIpc) is 2.47. The minimum atomic E-state index is -0.754. The van der Waals surface area contributed by atoms with Gasteiger partial charge >= 0.3 is 5.97 Å². The van der Waals surface area contributed by atoms with Crippen LogP contribution in [0.15, 0.2) is 24.3 Å². The number of rotatable bonds is 5. The van der Waals surface area contributed by atoms with Crippen LogP contribution in [0.2, 0.25) is 0 Å². The molecule has 21 heavy (non-hydrogen) atoms. The highest BCUT2D eigenvalue weighted by Gasteiger charge is 2.27. The third kappa shape index (κ3) is 3.87. The van der Waals surface area contributed by atoms with Gasteiger partial charge in [0.2, 0.25) is 0 Å². The highest BCUT2D eigenvalue weighted by molar-refractivity contribution is 5.96. The number of ketones is 1. The zero-order valence-electron chi connectivity index (χ0n) is 11.5. The Morgan fingerprint density at radius 2 is 1.71 bits per heavy atom. The SMILES string of the molecule is O=C(CC1CCC(C(=O)O)CC1)c1ccc([N+](=O)[O-])cc1. The van der Waals surface area contributed by atoms with E-state index in [4.69, 9.17) is 5.11 Å². The van der Waals surface area contributed by atoms with Crippen LogP contribution in [0.1, 0.15) is 42.5 Å². The molecule has 1 N–H and O–H groups in total. The Hall–Kier alpha value is -2.24. The van der Waals surface area contributed by atoms with Crippen molar-refractivity contribution in [2.24, 2.45) is 11.8 Å². The monoisotopic (exact) mass is 291 g/mol. The lowest BCUT2D eigenvalue weighted by Crippen LogP contribution is -2.22. The number of hydrogen-bond acceptors (Lipinski definition) is 4. The van der Waals surface area contributed by atoms with E-state index in [1.807, 2.05) is 0 Å². The van der Waals surface area contributed by atoms with Gasteiger partial charge in [0.05, 0.1) is 10.8 Å². The van der Waals surface area contributed by atoms with Crippen molar-refractivity contribution in [3.63, 3.8) is 0 Å². The Morgan fingerprint density at radius 1 is 1.14 bits per heavy atom. The smallest absolute Gasteiger partial charge is 0.306 e. The molecule has 0 atom stereocenters. The van der Waals surface area contributed by atoms with Gasteiger partial charge in [-0.05, 0) is 43.7 Å². The molecule has 0 unspecified atom stereocenters. The second-order valence-corrected chi connectivity index (χ2v) is 5.49. The van der Waals surface area contributed by atoms with Gasteiger partial charge in [0.25, 0.3) is 5.69 Å². The molecule has 0 bridgehead atoms. The van der Waals surface area contributed by atoms with E-state index in [2.05, 4.69) is 0 Å². The molecule has 0 radical (unpaired) electrons. The van der Waals surface area contributed by atoms with Crippen molar-refractivity contribution < 1.29 is 19.6 Å². The van der Waals surface area contributed by atoms with Crippen LogP contribution in [0.25, 0.3) is 0 Å². The predicted octanol–water partition coefficient (Wildman–Crippen LogP) is 3.06. The number of carbonyl (C=O) groups is 2. The molecule has 1 fully saturated rings. The Bertz CT molecular complexity index is 544. The summed E-state index contributed by atoms with van der Waals surface area (Å²) in [5, 5.41) is 19.5. The topological polar surface area (TPSA) is 97.5 Å². The number of carboxylic acids is 1. The number of hydrogen-bond donors (Lipinski definition) is 1. The number of carbonyl (C=O) groups excluding carboxylic acids is 1. The zero-order valence-corrected chi connectivity index (χ0v) is 11.5. The van der Waals surface area contributed by atoms with Gasteiger partial charge in [-0.25, -0.2) is 0 Å². The Balaban J connectivity index is 1.90. The lowest BCUT2D eigenvalue weighted by Gasteiger charge is -2.25. The van der Waals surface area contributed by atoms with Gasteiger partial charge in [-0.3, -0.25) is 19.7 Å². The molecule has 2 rings (SSSR count). The Labute approximate surface area is 121 Å². The summed E-state index contributed by atoms with van der Waals surface area (Å²) in [4.78, 5) is 33.1. The highest BCUT2D eigenvalue weighted by atomic mass is 16.6. The van der Waals surface area contributed by atoms with E-state index in [1.165, 1.54) is 24.3 Å². The number of nitrogens with zero attached hydrogens (tertiary/aromatic N) is 1. The molecule has 1 aromatic carbocycles. The Morgan fingerprint density at radius 3 is 2.19 bits per heavy atom. The van der Waals surface area contributed by atoms with E-state index < -0.39 is 10.9 Å². The first-order valence-corrected chi connectivity index (χ1v) is 6.98. The lowest BCUT2D eigenvalue weighted by molar-refractivity contribution is -0.384. The minimum Gasteiger partial charge on any atom is -0.481 e. The van der Waals surface area contributed by atoms with Gasteiger partial charge in [-0.1, -0.05) is 0 Å². The van der Waals surface area contributed by atoms with Crippen molar-refractivity contribution >= 4 is 17.4 Å². The third-order valence-corrected chi connectivity index (χ3v) is 4.07. The van der Waals surface area contributed by atoms with Crippen molar-refractivity contribution in [1.29, 1.82) is 0 Å². The van der Waals surface area contributed by atoms with Crippen LogP contribution in [-0.2, 0) is 4.79 Å². The number of nitro groups is 1. The van der Waals surface area contributed by atoms with Gasteiger partial charge in [0, 0.05) is 24.1 Å². The molecule has 0 amide bonds. The predicted molar refractivity (Wildman–Crippen MR) is 75.1 cm³/mol. The summed E-state index contributed by atoms with van der Waals surface area (Å²) in [6.07, 6.45) is 3.11. The van der Waals surface area contributed by atoms with Gasteiger partial charge in [0.15, 0.2) is 5.78 Å². The first-order valence-electron chi connectivity index (χ1n) is 6.98. The molecular formula is C15H17NO5. The molecule has 1 aliphatic rings. The molecule has 0 aromatic heterocycles. The molecule has 6 heteroatoms. The highest BCUT2D eigenvalue weighted by Crippen LogP contribution is 2.31. The summed E-state index contributed by atoms with van der Waals surface area (Å²) in [5.41, 5.74) is 0.439. The minimum absolute atomic E-state index is 0.0338. The zero-order chi connectivity index (χ0) is 15.4. The molecular weight excluding hydrogens is 274 g/mol. The molecule has 0 saturated heterocycles. The van der Waals surface area contributed by atoms with Crippen LogP contribution in [0.4, 0.5) is 5.69 Å². The lowest BCUT2D eigenvalue weighted by atomic mass is 9.79. The van der Waals surface area contributed by atoms with Crippen molar-refractivity contribution in [3.8, 4) is 0 Å². The standard InChI is InChI=1S/C15H17NO5/c17-14(11-5-7-13(8-6-11)16(20)21)9-10-1-3-12(4-2-10)15(18)19/h5-8,10,12H,1-4,9H2,(H,18,19). The summed E-state index contributed by atoms with van der Waals surface area (Å²) >= 11 is 0. The van der Waals surface area contributed by atoms with Crippen LogP contribution in [-0.4, -0.2) is 21.8 Å². The maximum absolute atomic E-state index is 12.1. The van der Waals surface area contributed by atoms with Gasteiger partial charge < -0.3 is 5.11 Å². The summed E-state index contributed by atoms with van der Waals surface area (Å²) in [6.45, 7) is 0. The van der Waals surface area contributed by atoms with E-state index >= 15 is 0 Å². The molecule has 1 aliphatic carbocycles. The molecule has 1 saturated carbocycles. The normalized spacial score (nSPS) is 21.7. The van der Waals surface area contributed by atoms with E-state index in [1.54, 1.807) is 0 Å². The van der Waals surface area contributed by atoms with Gasteiger partial charge in [-0.2, -0.15) is 0 Å². The molecule has 0 spiro atoms. The van der Waals surface area contributed by atoms with Crippen molar-refractivity contribution in [2.45, 2.75) is 32.1 Å². The molecule has 112 valence electrons. The number of nitro benzene ring substituents is 1. The van der Waals surface area contributed by atoms with E-state index in [9.17, 15) is 19.7 Å². The number of carboxylic acid groups (broad SMARTS) is 1. The van der Waals surface area contributed by atoms with Gasteiger partial charge in [0.1, 0.15) is 0 Å². The summed E-state index contributed by atoms with van der Waals surface area (Å²) in [6, 6.07) is 5.61. The van der Waals surface area contributed by atoms with Gasteiger partial charge in [-0.15, -0.1) is 0 Å². The van der Waals surface area contributed by atoms with Crippen LogP contribution < -0.4 is 0 Å². The second kappa shape index (κ2) is 6.47. The van der Waals surface area contributed by atoms with Crippen molar-refractivity contribution in [2.75, 3.05) is 0 Å². The fourth-order valence-electron chi connectivity index (χ4n) is 2.76. The third-order valence-electron chi connectivity index (χ3n) is 4.07. The van der Waals surface area contributed by atoms with Crippen LogP contribution in [0.5, 0.6) is 0 Å². The fourth-order valence-corrected chi connectivity index (χ4v) is 2.76. The number of non-ortho nitro benzene ring substituents is 1. The van der Waals surface area contributed by atoms with Crippen LogP contribution in [0.3, 0.4) is 0 Å². The van der Waals surface area contributed by atoms with E-state index in [-0.39, 0.29) is 23.3 Å². The second-order valence-electron chi connectivity index (χ2n) is 5.49. The summed E-state index contributed by atoms with van der Waals surface area (Å²) in [5.74, 6) is -0.863. The van der Waals surface area contributed by atoms with E-state index in [0.717, 1.165) is 12.8 Å². The fraction of sp³-hybridized carbons (Fsp3) is 0.467. The largest absolute Gasteiger partial charge is 0.481 e. The quantitative estimate of drug-likeness (QED) is 0.510. The maximum Gasteiger partial charge on any atom is 0.306 e. The maximum atomic E-state index is 12.1. The molecule has 6 nitrogen and oxygen atoms in total. The van der Waals surface area contributed by atoms with Crippen LogP contribution in [0, 0.1) is 22.0 Å². The number of aliphatic carboxylic acids is 1. The molecule has 0 aliphatic heterocycles. The van der Waals surface area contributed by atoms with Crippen LogP contribution >= 0.6 is 0 Å². The number of benzene rings is 1. The molecule has 0 heterocycles. The Kier molecular flexibility index (Phi) is 4.67.